The van der Waals surface area contributed by atoms with E-state index in [4.69, 9.17) is 5.14 Å². The number of halogens is 1. The standard InChI is InChI=1S/C14H21BrN2O3S/c1-4-10(5-2)9(3)17-14(18)12-8-11(21(16,19)20)6-7-13(12)15/h6-10H,4-5H2,1-3H3,(H,17,18)(H2,16,19,20). The molecule has 0 aliphatic heterocycles. The summed E-state index contributed by atoms with van der Waals surface area (Å²) in [4.78, 5) is 12.2. The van der Waals surface area contributed by atoms with Gasteiger partial charge in [0.05, 0.1) is 10.5 Å². The van der Waals surface area contributed by atoms with Gasteiger partial charge in [-0.1, -0.05) is 26.7 Å². The summed E-state index contributed by atoms with van der Waals surface area (Å²) in [5.41, 5.74) is 0.263. The average molecular weight is 377 g/mol. The Labute approximate surface area is 134 Å². The van der Waals surface area contributed by atoms with Crippen molar-refractivity contribution < 1.29 is 13.2 Å². The van der Waals surface area contributed by atoms with Gasteiger partial charge in [0.25, 0.3) is 5.91 Å². The molecule has 1 amide bonds. The Balaban J connectivity index is 3.02. The van der Waals surface area contributed by atoms with Gasteiger partial charge < -0.3 is 5.32 Å². The monoisotopic (exact) mass is 376 g/mol. The molecule has 1 aromatic carbocycles. The van der Waals surface area contributed by atoms with Crippen LogP contribution in [0.4, 0.5) is 0 Å². The molecule has 1 aromatic rings. The van der Waals surface area contributed by atoms with Gasteiger partial charge >= 0.3 is 0 Å². The van der Waals surface area contributed by atoms with E-state index in [1.165, 1.54) is 18.2 Å². The van der Waals surface area contributed by atoms with Crippen molar-refractivity contribution in [3.05, 3.63) is 28.2 Å². The summed E-state index contributed by atoms with van der Waals surface area (Å²) < 4.78 is 23.3. The number of amides is 1. The fraction of sp³-hybridized carbons (Fsp3) is 0.500. The molecule has 0 spiro atoms. The van der Waals surface area contributed by atoms with Crippen LogP contribution in [0.1, 0.15) is 44.0 Å². The van der Waals surface area contributed by atoms with Crippen molar-refractivity contribution in [2.24, 2.45) is 11.1 Å². The fourth-order valence-corrected chi connectivity index (χ4v) is 3.22. The highest BCUT2D eigenvalue weighted by molar-refractivity contribution is 9.10. The fourth-order valence-electron chi connectivity index (χ4n) is 2.25. The van der Waals surface area contributed by atoms with E-state index in [1.807, 2.05) is 6.92 Å². The molecule has 3 N–H and O–H groups in total. The minimum absolute atomic E-state index is 0.0116. The molecule has 21 heavy (non-hydrogen) atoms. The summed E-state index contributed by atoms with van der Waals surface area (Å²) in [5.74, 6) is 0.0703. The summed E-state index contributed by atoms with van der Waals surface area (Å²) in [7, 11) is -3.83. The molecular formula is C14H21BrN2O3S. The van der Waals surface area contributed by atoms with Crippen molar-refractivity contribution in [1.82, 2.24) is 5.32 Å². The van der Waals surface area contributed by atoms with E-state index in [0.29, 0.717) is 10.4 Å². The Hall–Kier alpha value is -0.920. The Kier molecular flexibility index (Phi) is 6.37. The quantitative estimate of drug-likeness (QED) is 0.799. The number of carbonyl (C=O) groups excluding carboxylic acids is 1. The third-order valence-corrected chi connectivity index (χ3v) is 5.23. The molecule has 0 aromatic heterocycles. The van der Waals surface area contributed by atoms with Crippen LogP contribution in [0.15, 0.2) is 27.6 Å². The van der Waals surface area contributed by atoms with Gasteiger partial charge in [0.15, 0.2) is 0 Å². The topological polar surface area (TPSA) is 89.3 Å². The van der Waals surface area contributed by atoms with Gasteiger partial charge in [0, 0.05) is 10.5 Å². The van der Waals surface area contributed by atoms with Crippen LogP contribution < -0.4 is 10.5 Å². The Morgan fingerprint density at radius 1 is 1.33 bits per heavy atom. The number of sulfonamides is 1. The zero-order chi connectivity index (χ0) is 16.2. The van der Waals surface area contributed by atoms with Crippen molar-refractivity contribution >= 4 is 31.9 Å². The van der Waals surface area contributed by atoms with Gasteiger partial charge in [-0.05, 0) is 47.0 Å². The molecule has 5 nitrogen and oxygen atoms in total. The van der Waals surface area contributed by atoms with Gasteiger partial charge in [-0.15, -0.1) is 0 Å². The van der Waals surface area contributed by atoms with Gasteiger partial charge in [-0.3, -0.25) is 4.79 Å². The second-order valence-corrected chi connectivity index (χ2v) is 7.44. The predicted octanol–water partition coefficient (Wildman–Crippen LogP) is 2.65. The van der Waals surface area contributed by atoms with Gasteiger partial charge in [-0.2, -0.15) is 0 Å². The maximum atomic E-state index is 12.3. The number of rotatable bonds is 6. The summed E-state index contributed by atoms with van der Waals surface area (Å²) in [5, 5.41) is 8.01. The second-order valence-electron chi connectivity index (χ2n) is 5.03. The molecule has 0 bridgehead atoms. The first-order valence-corrected chi connectivity index (χ1v) is 9.17. The highest BCUT2D eigenvalue weighted by Crippen LogP contribution is 2.21. The number of primary sulfonamides is 1. The van der Waals surface area contributed by atoms with Crippen LogP contribution >= 0.6 is 15.9 Å². The van der Waals surface area contributed by atoms with Crippen LogP contribution in [-0.4, -0.2) is 20.4 Å². The van der Waals surface area contributed by atoms with E-state index in [-0.39, 0.29) is 22.4 Å². The Morgan fingerprint density at radius 3 is 2.38 bits per heavy atom. The van der Waals surface area contributed by atoms with E-state index in [0.717, 1.165) is 12.8 Å². The summed E-state index contributed by atoms with van der Waals surface area (Å²) in [6.07, 6.45) is 1.94. The number of hydrogen-bond acceptors (Lipinski definition) is 3. The molecule has 0 saturated heterocycles. The molecule has 118 valence electrons. The molecular weight excluding hydrogens is 356 g/mol. The van der Waals surface area contributed by atoms with Crippen LogP contribution in [0.25, 0.3) is 0 Å². The lowest BCUT2D eigenvalue weighted by Crippen LogP contribution is -2.38. The first-order valence-electron chi connectivity index (χ1n) is 6.83. The first-order chi connectivity index (χ1) is 9.70. The number of nitrogens with two attached hydrogens (primary N) is 1. The highest BCUT2D eigenvalue weighted by Gasteiger charge is 2.20. The van der Waals surface area contributed by atoms with Gasteiger partial charge in [-0.25, -0.2) is 13.6 Å². The third-order valence-electron chi connectivity index (χ3n) is 3.63. The molecule has 0 radical (unpaired) electrons. The van der Waals surface area contributed by atoms with Crippen molar-refractivity contribution in [2.45, 2.75) is 44.6 Å². The Morgan fingerprint density at radius 2 is 1.90 bits per heavy atom. The molecule has 1 unspecified atom stereocenters. The summed E-state index contributed by atoms with van der Waals surface area (Å²) >= 11 is 3.26. The van der Waals surface area contributed by atoms with Crippen molar-refractivity contribution in [3.8, 4) is 0 Å². The van der Waals surface area contributed by atoms with Crippen LogP contribution in [0.3, 0.4) is 0 Å². The molecule has 0 aliphatic rings. The second kappa shape index (κ2) is 7.38. The van der Waals surface area contributed by atoms with Crippen molar-refractivity contribution in [2.75, 3.05) is 0 Å². The van der Waals surface area contributed by atoms with E-state index in [2.05, 4.69) is 35.1 Å². The Bertz CT molecular complexity index is 613. The predicted molar refractivity (Wildman–Crippen MR) is 86.5 cm³/mol. The highest BCUT2D eigenvalue weighted by atomic mass is 79.9. The molecule has 0 aliphatic carbocycles. The maximum Gasteiger partial charge on any atom is 0.252 e. The van der Waals surface area contributed by atoms with E-state index >= 15 is 0 Å². The number of nitrogens with one attached hydrogen (secondary N) is 1. The first kappa shape index (κ1) is 18.1. The van der Waals surface area contributed by atoms with E-state index in [9.17, 15) is 13.2 Å². The van der Waals surface area contributed by atoms with Gasteiger partial charge in [0.2, 0.25) is 10.0 Å². The molecule has 0 saturated carbocycles. The average Bonchev–Trinajstić information content (AvgIpc) is 2.39. The van der Waals surface area contributed by atoms with Crippen molar-refractivity contribution in [3.63, 3.8) is 0 Å². The molecule has 1 rings (SSSR count). The maximum absolute atomic E-state index is 12.3. The molecule has 1 atom stereocenters. The molecule has 0 heterocycles. The lowest BCUT2D eigenvalue weighted by Gasteiger charge is -2.22. The molecule has 7 heteroatoms. The minimum Gasteiger partial charge on any atom is -0.349 e. The lowest BCUT2D eigenvalue weighted by atomic mass is 9.95. The lowest BCUT2D eigenvalue weighted by molar-refractivity contribution is 0.0924. The number of carbonyl (C=O) groups is 1. The zero-order valence-corrected chi connectivity index (χ0v) is 14.8. The van der Waals surface area contributed by atoms with Gasteiger partial charge in [0.1, 0.15) is 0 Å². The zero-order valence-electron chi connectivity index (χ0n) is 12.4. The van der Waals surface area contributed by atoms with E-state index in [1.54, 1.807) is 0 Å². The normalized spacial score (nSPS) is 13.2. The van der Waals surface area contributed by atoms with Crippen LogP contribution in [0.2, 0.25) is 0 Å². The van der Waals surface area contributed by atoms with Crippen molar-refractivity contribution in [1.29, 1.82) is 0 Å². The summed E-state index contributed by atoms with van der Waals surface area (Å²) in [6, 6.07) is 4.17. The third kappa shape index (κ3) is 4.79. The smallest absolute Gasteiger partial charge is 0.252 e. The van der Waals surface area contributed by atoms with Crippen LogP contribution in [0, 0.1) is 5.92 Å². The number of benzene rings is 1. The minimum atomic E-state index is -3.83. The van der Waals surface area contributed by atoms with E-state index < -0.39 is 10.0 Å². The molecule has 0 fully saturated rings. The van der Waals surface area contributed by atoms with Crippen LogP contribution in [0.5, 0.6) is 0 Å². The summed E-state index contributed by atoms with van der Waals surface area (Å²) in [6.45, 7) is 6.11. The van der Waals surface area contributed by atoms with Crippen LogP contribution in [-0.2, 0) is 10.0 Å². The largest absolute Gasteiger partial charge is 0.349 e. The SMILES string of the molecule is CCC(CC)C(C)NC(=O)c1cc(S(N)(=O)=O)ccc1Br. The number of hydrogen-bond donors (Lipinski definition) is 2.